The first kappa shape index (κ1) is 16.4. The maximum Gasteiger partial charge on any atom is 0.0613 e. The summed E-state index contributed by atoms with van der Waals surface area (Å²) in [4.78, 5) is 1.14. The highest BCUT2D eigenvalue weighted by atomic mass is 35.5. The summed E-state index contributed by atoms with van der Waals surface area (Å²) >= 11 is 13.8. The fourth-order valence-electron chi connectivity index (χ4n) is 2.85. The largest absolute Gasteiger partial charge is 0.394 e. The van der Waals surface area contributed by atoms with Crippen LogP contribution in [0, 0.1) is 0 Å². The van der Waals surface area contributed by atoms with Gasteiger partial charge in [0.1, 0.15) is 0 Å². The first-order chi connectivity index (χ1) is 9.44. The minimum absolute atomic E-state index is 0.123. The van der Waals surface area contributed by atoms with Crippen LogP contribution in [0.2, 0.25) is 10.0 Å². The Balaban J connectivity index is 2.00. The van der Waals surface area contributed by atoms with Crippen molar-refractivity contribution in [3.05, 3.63) is 28.2 Å². The van der Waals surface area contributed by atoms with Crippen LogP contribution < -0.4 is 5.32 Å². The molecule has 0 radical (unpaired) electrons. The third kappa shape index (κ3) is 4.05. The standard InChI is InChI=1S/C15H21Cl2NOS/c1-10(2)18-15(9-19)6-5-12(8-15)20-11-3-4-13(16)14(17)7-11/h3-4,7,10,12,18-19H,5-6,8-9H2,1-2H3. The number of hydrogen-bond donors (Lipinski definition) is 2. The molecule has 1 fully saturated rings. The number of rotatable bonds is 5. The molecule has 1 saturated carbocycles. The van der Waals surface area contributed by atoms with Crippen molar-refractivity contribution in [2.45, 2.75) is 54.8 Å². The topological polar surface area (TPSA) is 32.3 Å². The van der Waals surface area contributed by atoms with E-state index in [9.17, 15) is 5.11 Å². The summed E-state index contributed by atoms with van der Waals surface area (Å²) in [5.41, 5.74) is -0.123. The van der Waals surface area contributed by atoms with Crippen LogP contribution in [0.15, 0.2) is 23.1 Å². The van der Waals surface area contributed by atoms with E-state index in [4.69, 9.17) is 23.2 Å². The van der Waals surface area contributed by atoms with Crippen LogP contribution in [-0.4, -0.2) is 28.5 Å². The average molecular weight is 334 g/mol. The molecule has 0 heterocycles. The van der Waals surface area contributed by atoms with E-state index in [-0.39, 0.29) is 12.1 Å². The highest BCUT2D eigenvalue weighted by Gasteiger charge is 2.39. The van der Waals surface area contributed by atoms with Gasteiger partial charge in [-0.3, -0.25) is 0 Å². The molecular weight excluding hydrogens is 313 g/mol. The second-order valence-electron chi connectivity index (χ2n) is 5.80. The molecule has 112 valence electrons. The molecule has 20 heavy (non-hydrogen) atoms. The van der Waals surface area contributed by atoms with Crippen LogP contribution in [-0.2, 0) is 0 Å². The van der Waals surface area contributed by atoms with Gasteiger partial charge < -0.3 is 10.4 Å². The smallest absolute Gasteiger partial charge is 0.0613 e. The van der Waals surface area contributed by atoms with Crippen LogP contribution in [0.25, 0.3) is 0 Å². The first-order valence-electron chi connectivity index (χ1n) is 6.94. The molecule has 1 aromatic rings. The number of benzene rings is 1. The van der Waals surface area contributed by atoms with Crippen molar-refractivity contribution in [2.24, 2.45) is 0 Å². The van der Waals surface area contributed by atoms with Crippen molar-refractivity contribution in [3.8, 4) is 0 Å². The number of halogens is 2. The van der Waals surface area contributed by atoms with E-state index in [1.165, 1.54) is 0 Å². The summed E-state index contributed by atoms with van der Waals surface area (Å²) < 4.78 is 0. The lowest BCUT2D eigenvalue weighted by atomic mass is 9.98. The fraction of sp³-hybridized carbons (Fsp3) is 0.600. The van der Waals surface area contributed by atoms with Crippen molar-refractivity contribution in [1.29, 1.82) is 0 Å². The molecule has 2 rings (SSSR count). The van der Waals surface area contributed by atoms with E-state index in [0.717, 1.165) is 24.2 Å². The molecule has 5 heteroatoms. The second-order valence-corrected chi connectivity index (χ2v) is 7.98. The summed E-state index contributed by atoms with van der Waals surface area (Å²) in [5, 5.41) is 14.9. The van der Waals surface area contributed by atoms with E-state index in [2.05, 4.69) is 19.2 Å². The Morgan fingerprint density at radius 3 is 2.75 bits per heavy atom. The molecule has 1 aliphatic rings. The number of aliphatic hydroxyl groups excluding tert-OH is 1. The Labute approximate surface area is 135 Å². The zero-order chi connectivity index (χ0) is 14.8. The molecule has 0 aromatic heterocycles. The quantitative estimate of drug-likeness (QED) is 0.839. The Kier molecular flexibility index (Phi) is 5.66. The maximum atomic E-state index is 9.72. The lowest BCUT2D eigenvalue weighted by molar-refractivity contribution is 0.156. The van der Waals surface area contributed by atoms with E-state index >= 15 is 0 Å². The van der Waals surface area contributed by atoms with Crippen molar-refractivity contribution < 1.29 is 5.11 Å². The minimum atomic E-state index is -0.123. The SMILES string of the molecule is CC(C)NC1(CO)CCC(Sc2ccc(Cl)c(Cl)c2)C1. The van der Waals surface area contributed by atoms with Gasteiger partial charge in [0.25, 0.3) is 0 Å². The Hall–Kier alpha value is 0.0700. The zero-order valence-electron chi connectivity index (χ0n) is 11.8. The van der Waals surface area contributed by atoms with Crippen LogP contribution >= 0.6 is 35.0 Å². The average Bonchev–Trinajstić information content (AvgIpc) is 2.77. The van der Waals surface area contributed by atoms with E-state index in [0.29, 0.717) is 21.3 Å². The van der Waals surface area contributed by atoms with Gasteiger partial charge in [-0.1, -0.05) is 37.0 Å². The number of thioether (sulfide) groups is 1. The monoisotopic (exact) mass is 333 g/mol. The lowest BCUT2D eigenvalue weighted by Gasteiger charge is -2.31. The molecule has 1 aromatic carbocycles. The van der Waals surface area contributed by atoms with Crippen molar-refractivity contribution in [1.82, 2.24) is 5.32 Å². The zero-order valence-corrected chi connectivity index (χ0v) is 14.2. The molecule has 2 N–H and O–H groups in total. The van der Waals surface area contributed by atoms with E-state index < -0.39 is 0 Å². The molecular formula is C15H21Cl2NOS. The van der Waals surface area contributed by atoms with Gasteiger partial charge in [0.2, 0.25) is 0 Å². The Morgan fingerprint density at radius 2 is 2.15 bits per heavy atom. The second kappa shape index (κ2) is 6.89. The van der Waals surface area contributed by atoms with Crippen LogP contribution in [0.5, 0.6) is 0 Å². The molecule has 2 nitrogen and oxygen atoms in total. The minimum Gasteiger partial charge on any atom is -0.394 e. The van der Waals surface area contributed by atoms with Gasteiger partial charge in [0.15, 0.2) is 0 Å². The molecule has 1 aliphatic carbocycles. The molecule has 0 aliphatic heterocycles. The van der Waals surface area contributed by atoms with Gasteiger partial charge in [0, 0.05) is 21.7 Å². The third-order valence-electron chi connectivity index (χ3n) is 3.65. The Morgan fingerprint density at radius 1 is 1.40 bits per heavy atom. The molecule has 2 unspecified atom stereocenters. The van der Waals surface area contributed by atoms with Gasteiger partial charge >= 0.3 is 0 Å². The van der Waals surface area contributed by atoms with Gasteiger partial charge in [-0.2, -0.15) is 0 Å². The predicted octanol–water partition coefficient (Wildman–Crippen LogP) is 4.37. The lowest BCUT2D eigenvalue weighted by Crippen LogP contribution is -2.49. The predicted molar refractivity (Wildman–Crippen MR) is 88.0 cm³/mol. The number of nitrogens with one attached hydrogen (secondary N) is 1. The highest BCUT2D eigenvalue weighted by molar-refractivity contribution is 8.00. The number of aliphatic hydroxyl groups is 1. The van der Waals surface area contributed by atoms with Gasteiger partial charge in [0.05, 0.1) is 16.7 Å². The molecule has 0 spiro atoms. The van der Waals surface area contributed by atoms with E-state index in [1.807, 2.05) is 30.0 Å². The fourth-order valence-corrected chi connectivity index (χ4v) is 4.57. The molecule has 0 saturated heterocycles. The normalized spacial score (nSPS) is 26.4. The summed E-state index contributed by atoms with van der Waals surface area (Å²) in [6.07, 6.45) is 3.10. The molecule has 0 amide bonds. The van der Waals surface area contributed by atoms with Gasteiger partial charge in [-0.15, -0.1) is 11.8 Å². The highest BCUT2D eigenvalue weighted by Crippen LogP contribution is 2.41. The Bertz CT molecular complexity index is 469. The van der Waals surface area contributed by atoms with E-state index in [1.54, 1.807) is 0 Å². The summed E-state index contributed by atoms with van der Waals surface area (Å²) in [6.45, 7) is 4.44. The maximum absolute atomic E-state index is 9.72. The molecule has 2 atom stereocenters. The summed E-state index contributed by atoms with van der Waals surface area (Å²) in [7, 11) is 0. The number of hydrogen-bond acceptors (Lipinski definition) is 3. The van der Waals surface area contributed by atoms with Crippen molar-refractivity contribution >= 4 is 35.0 Å². The molecule has 0 bridgehead atoms. The van der Waals surface area contributed by atoms with Gasteiger partial charge in [-0.05, 0) is 37.5 Å². The first-order valence-corrected chi connectivity index (χ1v) is 8.58. The van der Waals surface area contributed by atoms with Crippen LogP contribution in [0.3, 0.4) is 0 Å². The van der Waals surface area contributed by atoms with Gasteiger partial charge in [-0.25, -0.2) is 0 Å². The van der Waals surface area contributed by atoms with Crippen molar-refractivity contribution in [2.75, 3.05) is 6.61 Å². The van der Waals surface area contributed by atoms with Crippen LogP contribution in [0.1, 0.15) is 33.1 Å². The summed E-state index contributed by atoms with van der Waals surface area (Å²) in [5.74, 6) is 0. The van der Waals surface area contributed by atoms with Crippen molar-refractivity contribution in [3.63, 3.8) is 0 Å². The summed E-state index contributed by atoms with van der Waals surface area (Å²) in [6, 6.07) is 6.15. The third-order valence-corrected chi connectivity index (χ3v) is 5.66. The van der Waals surface area contributed by atoms with Crippen LogP contribution in [0.4, 0.5) is 0 Å².